The average molecular weight is 343 g/mol. The van der Waals surface area contributed by atoms with Crippen LogP contribution in [0.1, 0.15) is 39.7 Å². The number of hydrogen-bond acceptors (Lipinski definition) is 2. The van der Waals surface area contributed by atoms with Crippen LogP contribution >= 0.6 is 15.9 Å². The van der Waals surface area contributed by atoms with E-state index in [-0.39, 0.29) is 16.9 Å². The minimum Gasteiger partial charge on any atom is -0.309 e. The third-order valence-electron chi connectivity index (χ3n) is 4.45. The van der Waals surface area contributed by atoms with Gasteiger partial charge in [-0.15, -0.1) is 0 Å². The van der Waals surface area contributed by atoms with Crippen LogP contribution in [0.25, 0.3) is 0 Å². The molecule has 1 saturated heterocycles. The zero-order valence-electron chi connectivity index (χ0n) is 12.8. The van der Waals surface area contributed by atoms with Gasteiger partial charge in [-0.2, -0.15) is 0 Å². The summed E-state index contributed by atoms with van der Waals surface area (Å²) in [6.07, 6.45) is 1.07. The minimum absolute atomic E-state index is 0.0917. The summed E-state index contributed by atoms with van der Waals surface area (Å²) < 4.78 is 14.3. The van der Waals surface area contributed by atoms with E-state index in [1.54, 1.807) is 6.07 Å². The van der Waals surface area contributed by atoms with Crippen molar-refractivity contribution < 1.29 is 4.39 Å². The van der Waals surface area contributed by atoms with Gasteiger partial charge in [0.25, 0.3) is 0 Å². The third kappa shape index (κ3) is 3.23. The monoisotopic (exact) mass is 342 g/mol. The number of nitrogens with zero attached hydrogens (tertiary/aromatic N) is 1. The zero-order valence-corrected chi connectivity index (χ0v) is 14.3. The van der Waals surface area contributed by atoms with Crippen LogP contribution in [0.4, 0.5) is 4.39 Å². The lowest BCUT2D eigenvalue weighted by Gasteiger charge is -2.51. The van der Waals surface area contributed by atoms with Crippen LogP contribution in [-0.4, -0.2) is 29.1 Å². The molecule has 1 aromatic carbocycles. The lowest BCUT2D eigenvalue weighted by molar-refractivity contribution is 0.0173. The highest BCUT2D eigenvalue weighted by Crippen LogP contribution is 2.30. The number of rotatable bonds is 3. The molecule has 112 valence electrons. The maximum atomic E-state index is 13.7. The van der Waals surface area contributed by atoms with E-state index in [0.717, 1.165) is 31.6 Å². The van der Waals surface area contributed by atoms with E-state index in [2.05, 4.69) is 53.8 Å². The Morgan fingerprint density at radius 3 is 2.70 bits per heavy atom. The molecule has 0 radical (unpaired) electrons. The second-order valence-electron chi connectivity index (χ2n) is 6.66. The van der Waals surface area contributed by atoms with E-state index in [4.69, 9.17) is 0 Å². The van der Waals surface area contributed by atoms with E-state index < -0.39 is 0 Å². The SMILES string of the molecule is CCC1(C)CNC(C)(C)CN1Cc1cccc(F)c1Br. The summed E-state index contributed by atoms with van der Waals surface area (Å²) in [5.74, 6) is -0.185. The fraction of sp³-hybridized carbons (Fsp3) is 0.625. The molecule has 20 heavy (non-hydrogen) atoms. The van der Waals surface area contributed by atoms with Crippen molar-refractivity contribution in [3.05, 3.63) is 34.1 Å². The molecule has 0 aromatic heterocycles. The minimum atomic E-state index is -0.185. The Kier molecular flexibility index (Phi) is 4.57. The summed E-state index contributed by atoms with van der Waals surface area (Å²) in [7, 11) is 0. The van der Waals surface area contributed by atoms with Gasteiger partial charge in [0.1, 0.15) is 5.82 Å². The molecule has 1 fully saturated rings. The van der Waals surface area contributed by atoms with Crippen molar-refractivity contribution in [1.29, 1.82) is 0 Å². The molecule has 2 nitrogen and oxygen atoms in total. The van der Waals surface area contributed by atoms with Crippen molar-refractivity contribution in [2.75, 3.05) is 13.1 Å². The van der Waals surface area contributed by atoms with Crippen molar-refractivity contribution in [3.63, 3.8) is 0 Å². The molecule has 1 N–H and O–H groups in total. The van der Waals surface area contributed by atoms with Crippen molar-refractivity contribution in [2.45, 2.75) is 51.7 Å². The Morgan fingerprint density at radius 1 is 1.35 bits per heavy atom. The molecule has 1 heterocycles. The van der Waals surface area contributed by atoms with Gasteiger partial charge < -0.3 is 5.32 Å². The maximum Gasteiger partial charge on any atom is 0.137 e. The molecule has 0 aliphatic carbocycles. The van der Waals surface area contributed by atoms with E-state index in [1.807, 2.05) is 6.07 Å². The fourth-order valence-corrected chi connectivity index (χ4v) is 3.13. The number of piperazine rings is 1. The van der Waals surface area contributed by atoms with E-state index in [9.17, 15) is 4.39 Å². The van der Waals surface area contributed by atoms with Gasteiger partial charge in [-0.1, -0.05) is 19.1 Å². The third-order valence-corrected chi connectivity index (χ3v) is 5.34. The Balaban J connectivity index is 2.26. The topological polar surface area (TPSA) is 15.3 Å². The molecule has 1 aromatic rings. The lowest BCUT2D eigenvalue weighted by Crippen LogP contribution is -2.66. The lowest BCUT2D eigenvalue weighted by atomic mass is 9.87. The summed E-state index contributed by atoms with van der Waals surface area (Å²) in [5, 5.41) is 3.61. The van der Waals surface area contributed by atoms with Gasteiger partial charge in [-0.3, -0.25) is 4.90 Å². The smallest absolute Gasteiger partial charge is 0.137 e. The fourth-order valence-electron chi connectivity index (χ4n) is 2.74. The molecule has 1 unspecified atom stereocenters. The summed E-state index contributed by atoms with van der Waals surface area (Å²) in [6.45, 7) is 11.6. The maximum absolute atomic E-state index is 13.7. The largest absolute Gasteiger partial charge is 0.309 e. The van der Waals surface area contributed by atoms with Crippen LogP contribution in [0.5, 0.6) is 0 Å². The molecule has 4 heteroatoms. The van der Waals surface area contributed by atoms with Crippen LogP contribution < -0.4 is 5.32 Å². The summed E-state index contributed by atoms with van der Waals surface area (Å²) in [6, 6.07) is 5.28. The predicted molar refractivity (Wildman–Crippen MR) is 85.3 cm³/mol. The first-order chi connectivity index (χ1) is 9.27. The predicted octanol–water partition coefficient (Wildman–Crippen LogP) is 3.94. The van der Waals surface area contributed by atoms with E-state index in [0.29, 0.717) is 4.47 Å². The van der Waals surface area contributed by atoms with E-state index in [1.165, 1.54) is 6.07 Å². The Labute approximate surface area is 129 Å². The number of benzene rings is 1. The highest BCUT2D eigenvalue weighted by Gasteiger charge is 2.39. The van der Waals surface area contributed by atoms with Crippen LogP contribution in [0.3, 0.4) is 0 Å². The Morgan fingerprint density at radius 2 is 2.05 bits per heavy atom. The van der Waals surface area contributed by atoms with Gasteiger partial charge in [0.15, 0.2) is 0 Å². The molecule has 0 saturated carbocycles. The second kappa shape index (κ2) is 5.74. The molecule has 0 spiro atoms. The van der Waals surface area contributed by atoms with Crippen LogP contribution in [0.2, 0.25) is 0 Å². The Bertz CT molecular complexity index is 489. The normalized spacial score (nSPS) is 26.7. The van der Waals surface area contributed by atoms with Gasteiger partial charge in [0, 0.05) is 30.7 Å². The molecular weight excluding hydrogens is 319 g/mol. The summed E-state index contributed by atoms with van der Waals surface area (Å²) >= 11 is 3.38. The highest BCUT2D eigenvalue weighted by atomic mass is 79.9. The molecule has 0 bridgehead atoms. The highest BCUT2D eigenvalue weighted by molar-refractivity contribution is 9.10. The van der Waals surface area contributed by atoms with Crippen molar-refractivity contribution in [1.82, 2.24) is 10.2 Å². The molecule has 2 rings (SSSR count). The Hall–Kier alpha value is -0.450. The van der Waals surface area contributed by atoms with Crippen LogP contribution in [0.15, 0.2) is 22.7 Å². The van der Waals surface area contributed by atoms with Gasteiger partial charge in [-0.25, -0.2) is 4.39 Å². The molecule has 1 aliphatic rings. The van der Waals surface area contributed by atoms with Gasteiger partial charge in [0.05, 0.1) is 4.47 Å². The summed E-state index contributed by atoms with van der Waals surface area (Å²) in [4.78, 5) is 2.48. The van der Waals surface area contributed by atoms with Crippen molar-refractivity contribution in [2.24, 2.45) is 0 Å². The second-order valence-corrected chi connectivity index (χ2v) is 7.45. The average Bonchev–Trinajstić information content (AvgIpc) is 2.39. The van der Waals surface area contributed by atoms with Crippen LogP contribution in [-0.2, 0) is 6.54 Å². The van der Waals surface area contributed by atoms with E-state index >= 15 is 0 Å². The quantitative estimate of drug-likeness (QED) is 0.894. The van der Waals surface area contributed by atoms with Gasteiger partial charge >= 0.3 is 0 Å². The standard InChI is InChI=1S/C16H24BrFN2/c1-5-16(4)10-19-15(2,3)11-20(16)9-12-7-6-8-13(18)14(12)17/h6-8,19H,5,9-11H2,1-4H3. The molecular formula is C16H24BrFN2. The summed E-state index contributed by atoms with van der Waals surface area (Å²) in [5.41, 5.74) is 1.22. The van der Waals surface area contributed by atoms with Crippen LogP contribution in [0, 0.1) is 5.82 Å². The first-order valence-corrected chi connectivity index (χ1v) is 8.00. The zero-order chi connectivity index (χ0) is 15.0. The number of hydrogen-bond donors (Lipinski definition) is 1. The number of nitrogens with one attached hydrogen (secondary N) is 1. The molecule has 0 amide bonds. The van der Waals surface area contributed by atoms with Gasteiger partial charge in [-0.05, 0) is 54.8 Å². The first-order valence-electron chi connectivity index (χ1n) is 7.20. The van der Waals surface area contributed by atoms with Crippen molar-refractivity contribution in [3.8, 4) is 0 Å². The molecule has 1 atom stereocenters. The van der Waals surface area contributed by atoms with Crippen molar-refractivity contribution >= 4 is 15.9 Å². The molecule has 1 aliphatic heterocycles. The van der Waals surface area contributed by atoms with Gasteiger partial charge in [0.2, 0.25) is 0 Å². The first kappa shape index (κ1) is 15.9. The number of halogens is 2.